The average Bonchev–Trinajstić information content (AvgIpc) is 2.26. The van der Waals surface area contributed by atoms with E-state index in [0.29, 0.717) is 18.3 Å². The second-order valence-corrected chi connectivity index (χ2v) is 5.36. The van der Waals surface area contributed by atoms with E-state index in [0.717, 1.165) is 3.57 Å². The van der Waals surface area contributed by atoms with Gasteiger partial charge in [0.1, 0.15) is 5.69 Å². The summed E-state index contributed by atoms with van der Waals surface area (Å²) in [6.45, 7) is 2.74. The predicted octanol–water partition coefficient (Wildman–Crippen LogP) is 2.56. The van der Waals surface area contributed by atoms with Crippen LogP contribution in [-0.2, 0) is 0 Å². The van der Waals surface area contributed by atoms with Crippen molar-refractivity contribution < 1.29 is 4.92 Å². The van der Waals surface area contributed by atoms with Crippen LogP contribution < -0.4 is 5.32 Å². The molecule has 17 heavy (non-hydrogen) atoms. The molecule has 94 valence electrons. The molecule has 0 amide bonds. The van der Waals surface area contributed by atoms with Crippen LogP contribution in [0.15, 0.2) is 18.2 Å². The fraction of sp³-hybridized carbons (Fsp3) is 0.455. The Labute approximate surface area is 114 Å². The lowest BCUT2D eigenvalue weighted by molar-refractivity contribution is -0.384. The molecule has 0 aliphatic rings. The molecular formula is C11H16IN3O2. The summed E-state index contributed by atoms with van der Waals surface area (Å²) in [5.74, 6) is 0. The highest BCUT2D eigenvalue weighted by Gasteiger charge is 2.14. The topological polar surface area (TPSA) is 58.4 Å². The second kappa shape index (κ2) is 6.15. The minimum atomic E-state index is -0.356. The van der Waals surface area contributed by atoms with Gasteiger partial charge in [-0.2, -0.15) is 0 Å². The third-order valence-corrected chi connectivity index (χ3v) is 3.30. The van der Waals surface area contributed by atoms with Crippen LogP contribution in [0.25, 0.3) is 0 Å². The van der Waals surface area contributed by atoms with E-state index in [-0.39, 0.29) is 10.6 Å². The number of hydrogen-bond donors (Lipinski definition) is 1. The largest absolute Gasteiger partial charge is 0.378 e. The molecule has 0 aliphatic heterocycles. The van der Waals surface area contributed by atoms with Crippen molar-refractivity contribution in [3.05, 3.63) is 31.9 Å². The fourth-order valence-corrected chi connectivity index (χ4v) is 1.72. The molecule has 0 heterocycles. The van der Waals surface area contributed by atoms with Crippen molar-refractivity contribution in [2.24, 2.45) is 0 Å². The lowest BCUT2D eigenvalue weighted by atomic mass is 10.2. The number of halogens is 1. The van der Waals surface area contributed by atoms with Crippen molar-refractivity contribution >= 4 is 34.0 Å². The molecule has 1 aromatic carbocycles. The van der Waals surface area contributed by atoms with Crippen molar-refractivity contribution in [3.8, 4) is 0 Å². The minimum Gasteiger partial charge on any atom is -0.378 e. The molecule has 0 saturated heterocycles. The summed E-state index contributed by atoms with van der Waals surface area (Å²) in [4.78, 5) is 12.6. The third-order valence-electron chi connectivity index (χ3n) is 2.63. The number of nitrogens with one attached hydrogen (secondary N) is 1. The first-order valence-corrected chi connectivity index (χ1v) is 6.34. The third kappa shape index (κ3) is 4.12. The number of rotatable bonds is 5. The molecule has 0 aromatic heterocycles. The molecule has 1 unspecified atom stereocenters. The number of nitrogens with zero attached hydrogens (tertiary/aromatic N) is 2. The van der Waals surface area contributed by atoms with Crippen LogP contribution in [0.4, 0.5) is 11.4 Å². The Bertz CT molecular complexity index is 410. The van der Waals surface area contributed by atoms with Crippen molar-refractivity contribution in [3.63, 3.8) is 0 Å². The Hall–Kier alpha value is -0.890. The molecule has 0 aliphatic carbocycles. The van der Waals surface area contributed by atoms with Crippen LogP contribution in [0.1, 0.15) is 6.92 Å². The zero-order valence-corrected chi connectivity index (χ0v) is 12.3. The van der Waals surface area contributed by atoms with E-state index in [2.05, 4.69) is 39.7 Å². The summed E-state index contributed by atoms with van der Waals surface area (Å²) in [6, 6.07) is 5.50. The number of likely N-dealkylation sites (N-methyl/N-ethyl adjacent to an activating group) is 1. The Morgan fingerprint density at radius 3 is 2.71 bits per heavy atom. The van der Waals surface area contributed by atoms with Crippen LogP contribution in [0, 0.1) is 13.7 Å². The van der Waals surface area contributed by atoms with Crippen LogP contribution in [0.5, 0.6) is 0 Å². The molecule has 5 nitrogen and oxygen atoms in total. The van der Waals surface area contributed by atoms with Gasteiger partial charge >= 0.3 is 0 Å². The molecule has 1 rings (SSSR count). The molecular weight excluding hydrogens is 333 g/mol. The summed E-state index contributed by atoms with van der Waals surface area (Å²) in [7, 11) is 3.96. The zero-order chi connectivity index (χ0) is 13.0. The van der Waals surface area contributed by atoms with Crippen molar-refractivity contribution in [1.29, 1.82) is 0 Å². The van der Waals surface area contributed by atoms with Gasteiger partial charge in [0.25, 0.3) is 5.69 Å². The quantitative estimate of drug-likeness (QED) is 0.504. The molecule has 6 heteroatoms. The summed E-state index contributed by atoms with van der Waals surface area (Å²) >= 11 is 2.07. The van der Waals surface area contributed by atoms with Gasteiger partial charge in [0.2, 0.25) is 0 Å². The van der Waals surface area contributed by atoms with Gasteiger partial charge in [-0.3, -0.25) is 10.1 Å². The first kappa shape index (κ1) is 14.2. The molecule has 0 radical (unpaired) electrons. The van der Waals surface area contributed by atoms with Gasteiger partial charge in [-0.15, -0.1) is 0 Å². The van der Waals surface area contributed by atoms with Gasteiger partial charge in [0.15, 0.2) is 0 Å². The van der Waals surface area contributed by atoms with Gasteiger partial charge in [0.05, 0.1) is 4.92 Å². The smallest absolute Gasteiger partial charge is 0.293 e. The van der Waals surface area contributed by atoms with Crippen molar-refractivity contribution in [2.45, 2.75) is 13.0 Å². The first-order chi connectivity index (χ1) is 7.91. The van der Waals surface area contributed by atoms with Crippen LogP contribution >= 0.6 is 22.6 Å². The van der Waals surface area contributed by atoms with Crippen molar-refractivity contribution in [2.75, 3.05) is 26.0 Å². The summed E-state index contributed by atoms with van der Waals surface area (Å²) in [5, 5.41) is 14.0. The van der Waals surface area contributed by atoms with E-state index in [9.17, 15) is 10.1 Å². The normalized spacial score (nSPS) is 12.5. The lowest BCUT2D eigenvalue weighted by Crippen LogP contribution is -2.31. The van der Waals surface area contributed by atoms with Crippen LogP contribution in [0.3, 0.4) is 0 Å². The summed E-state index contributed by atoms with van der Waals surface area (Å²) < 4.78 is 0.862. The highest BCUT2D eigenvalue weighted by molar-refractivity contribution is 14.1. The van der Waals surface area contributed by atoms with E-state index in [1.807, 2.05) is 20.2 Å². The molecule has 1 aromatic rings. The monoisotopic (exact) mass is 349 g/mol. The molecule has 1 N–H and O–H groups in total. The number of nitro benzene ring substituents is 1. The number of hydrogen-bond acceptors (Lipinski definition) is 4. The van der Waals surface area contributed by atoms with Gasteiger partial charge in [0, 0.05) is 22.2 Å². The van der Waals surface area contributed by atoms with Gasteiger partial charge < -0.3 is 10.2 Å². The number of benzene rings is 1. The fourth-order valence-electron chi connectivity index (χ4n) is 1.25. The van der Waals surface area contributed by atoms with E-state index in [1.54, 1.807) is 12.1 Å². The standard InChI is InChI=1S/C11H16IN3O2/c1-8(14(2)3)7-13-10-5-4-9(12)6-11(10)15(16)17/h4-6,8,13H,7H2,1-3H3. The van der Waals surface area contributed by atoms with E-state index < -0.39 is 0 Å². The van der Waals surface area contributed by atoms with Gasteiger partial charge in [-0.25, -0.2) is 0 Å². The molecule has 0 spiro atoms. The Kier molecular flexibility index (Phi) is 5.13. The summed E-state index contributed by atoms with van der Waals surface area (Å²) in [5.41, 5.74) is 0.701. The van der Waals surface area contributed by atoms with Gasteiger partial charge in [-0.1, -0.05) is 0 Å². The average molecular weight is 349 g/mol. The number of nitro groups is 1. The lowest BCUT2D eigenvalue weighted by Gasteiger charge is -2.20. The SMILES string of the molecule is CC(CNc1ccc(I)cc1[N+](=O)[O-])N(C)C. The maximum absolute atomic E-state index is 10.9. The van der Waals surface area contributed by atoms with Crippen molar-refractivity contribution in [1.82, 2.24) is 4.90 Å². The van der Waals surface area contributed by atoms with E-state index >= 15 is 0 Å². The molecule has 1 atom stereocenters. The van der Waals surface area contributed by atoms with Crippen LogP contribution in [-0.4, -0.2) is 36.5 Å². The second-order valence-electron chi connectivity index (χ2n) is 4.11. The number of anilines is 1. The minimum absolute atomic E-state index is 0.128. The summed E-state index contributed by atoms with van der Waals surface area (Å²) in [6.07, 6.45) is 0. The maximum atomic E-state index is 10.9. The maximum Gasteiger partial charge on any atom is 0.293 e. The van der Waals surface area contributed by atoms with Crippen LogP contribution in [0.2, 0.25) is 0 Å². The van der Waals surface area contributed by atoms with Gasteiger partial charge in [-0.05, 0) is 55.7 Å². The predicted molar refractivity (Wildman–Crippen MR) is 77.5 cm³/mol. The molecule has 0 saturated carbocycles. The first-order valence-electron chi connectivity index (χ1n) is 5.26. The zero-order valence-electron chi connectivity index (χ0n) is 10.1. The Balaban J connectivity index is 2.80. The van der Waals surface area contributed by atoms with E-state index in [1.165, 1.54) is 0 Å². The molecule has 0 fully saturated rings. The molecule has 0 bridgehead atoms. The highest BCUT2D eigenvalue weighted by Crippen LogP contribution is 2.26. The Morgan fingerprint density at radius 1 is 1.53 bits per heavy atom. The highest BCUT2D eigenvalue weighted by atomic mass is 127. The Morgan fingerprint density at radius 2 is 2.18 bits per heavy atom. The van der Waals surface area contributed by atoms with E-state index in [4.69, 9.17) is 0 Å².